The van der Waals surface area contributed by atoms with Gasteiger partial charge < -0.3 is 14.4 Å². The minimum absolute atomic E-state index is 0.0744. The highest BCUT2D eigenvalue weighted by Crippen LogP contribution is 2.36. The summed E-state index contributed by atoms with van der Waals surface area (Å²) in [5.74, 6) is 1.75. The summed E-state index contributed by atoms with van der Waals surface area (Å²) < 4.78 is 12.6. The molecule has 1 saturated heterocycles. The van der Waals surface area contributed by atoms with Crippen LogP contribution >= 0.6 is 24.0 Å². The van der Waals surface area contributed by atoms with Crippen molar-refractivity contribution in [2.75, 3.05) is 39.3 Å². The van der Waals surface area contributed by atoms with E-state index in [1.165, 1.54) is 16.3 Å². The second-order valence-corrected chi connectivity index (χ2v) is 10.4. The number of methoxy groups -OCH3 is 2. The SMILES string of the molecule is CCCCN(C)c1c(/C=C2\SC(=S)N(CCc3ccc(OC)c(OC)c3)C2=O)c(C)c(C#N)c(=O)n1C. The molecule has 0 spiro atoms. The van der Waals surface area contributed by atoms with Crippen molar-refractivity contribution in [1.29, 1.82) is 5.26 Å². The molecule has 1 aromatic heterocycles. The molecule has 37 heavy (non-hydrogen) atoms. The van der Waals surface area contributed by atoms with E-state index in [0.717, 1.165) is 24.9 Å². The van der Waals surface area contributed by atoms with Crippen LogP contribution in [0, 0.1) is 18.3 Å². The third kappa shape index (κ3) is 5.84. The number of pyridine rings is 1. The highest BCUT2D eigenvalue weighted by atomic mass is 32.2. The monoisotopic (exact) mass is 540 g/mol. The van der Waals surface area contributed by atoms with Gasteiger partial charge in [0.25, 0.3) is 11.5 Å². The first-order valence-electron chi connectivity index (χ1n) is 12.0. The second-order valence-electron chi connectivity index (χ2n) is 8.76. The number of hydrogen-bond donors (Lipinski definition) is 0. The molecule has 1 aliphatic rings. The number of benzene rings is 1. The smallest absolute Gasteiger partial charge is 0.270 e. The van der Waals surface area contributed by atoms with Gasteiger partial charge in [-0.15, -0.1) is 0 Å². The first kappa shape index (κ1) is 28.3. The molecule has 196 valence electrons. The van der Waals surface area contributed by atoms with E-state index in [1.807, 2.05) is 36.2 Å². The summed E-state index contributed by atoms with van der Waals surface area (Å²) in [5.41, 5.74) is 1.95. The number of carbonyl (C=O) groups is 1. The van der Waals surface area contributed by atoms with E-state index in [1.54, 1.807) is 39.2 Å². The first-order valence-corrected chi connectivity index (χ1v) is 13.2. The van der Waals surface area contributed by atoms with Crippen LogP contribution in [0.2, 0.25) is 0 Å². The van der Waals surface area contributed by atoms with Crippen LogP contribution in [0.15, 0.2) is 27.9 Å². The van der Waals surface area contributed by atoms with Crippen molar-refractivity contribution in [2.24, 2.45) is 7.05 Å². The van der Waals surface area contributed by atoms with Crippen LogP contribution in [0.4, 0.5) is 5.82 Å². The second kappa shape index (κ2) is 12.3. The van der Waals surface area contributed by atoms with Crippen molar-refractivity contribution in [3.05, 3.63) is 55.7 Å². The number of carbonyl (C=O) groups excluding carboxylic acids is 1. The average Bonchev–Trinajstić information content (AvgIpc) is 3.16. The fourth-order valence-corrected chi connectivity index (χ4v) is 5.57. The Labute approximate surface area is 227 Å². The molecule has 0 bridgehead atoms. The molecule has 1 aliphatic heterocycles. The Hall–Kier alpha value is -3.29. The molecule has 8 nitrogen and oxygen atoms in total. The summed E-state index contributed by atoms with van der Waals surface area (Å²) in [4.78, 5) is 30.3. The Morgan fingerprint density at radius 1 is 1.22 bits per heavy atom. The van der Waals surface area contributed by atoms with Crippen molar-refractivity contribution >= 4 is 46.1 Å². The minimum atomic E-state index is -0.349. The molecular formula is C27H32N4O4S2. The van der Waals surface area contributed by atoms with Gasteiger partial charge in [0, 0.05) is 32.7 Å². The summed E-state index contributed by atoms with van der Waals surface area (Å²) >= 11 is 6.78. The molecule has 2 heterocycles. The van der Waals surface area contributed by atoms with Crippen LogP contribution in [0.25, 0.3) is 6.08 Å². The fourth-order valence-electron chi connectivity index (χ4n) is 4.28. The van der Waals surface area contributed by atoms with Gasteiger partial charge in [-0.1, -0.05) is 43.4 Å². The molecule has 0 radical (unpaired) electrons. The third-order valence-corrected chi connectivity index (χ3v) is 7.78. The third-order valence-electron chi connectivity index (χ3n) is 6.40. The predicted molar refractivity (Wildman–Crippen MR) is 152 cm³/mol. The Bertz CT molecular complexity index is 1340. The number of amides is 1. The summed E-state index contributed by atoms with van der Waals surface area (Å²) in [6.45, 7) is 5.00. The van der Waals surface area contributed by atoms with Gasteiger partial charge in [0.2, 0.25) is 0 Å². The Kier molecular flexibility index (Phi) is 9.40. The predicted octanol–water partition coefficient (Wildman–Crippen LogP) is 4.26. The van der Waals surface area contributed by atoms with Crippen LogP contribution < -0.4 is 19.9 Å². The van der Waals surface area contributed by atoms with Gasteiger partial charge in [-0.3, -0.25) is 19.1 Å². The van der Waals surface area contributed by atoms with Crippen LogP contribution in [0.1, 0.15) is 42.0 Å². The molecule has 0 aliphatic carbocycles. The van der Waals surface area contributed by atoms with Crippen LogP contribution in [0.3, 0.4) is 0 Å². The lowest BCUT2D eigenvalue weighted by Gasteiger charge is -2.25. The number of nitrogens with zero attached hydrogens (tertiary/aromatic N) is 4. The number of ether oxygens (including phenoxy) is 2. The van der Waals surface area contributed by atoms with Gasteiger partial charge >= 0.3 is 0 Å². The summed E-state index contributed by atoms with van der Waals surface area (Å²) in [6.07, 6.45) is 4.30. The van der Waals surface area contributed by atoms with E-state index in [4.69, 9.17) is 21.7 Å². The number of thiocarbonyl (C=S) groups is 1. The number of aromatic nitrogens is 1. The molecule has 3 rings (SSSR count). The van der Waals surface area contributed by atoms with Gasteiger partial charge in [-0.25, -0.2) is 0 Å². The number of unbranched alkanes of at least 4 members (excludes halogenated alkanes) is 1. The summed E-state index contributed by atoms with van der Waals surface area (Å²) in [5, 5.41) is 9.65. The lowest BCUT2D eigenvalue weighted by atomic mass is 10.0. The molecule has 10 heteroatoms. The standard InChI is InChI=1S/C27H32N4O4S2/c1-7-8-12-29(3)24-19(17(2)20(16-28)25(32)30(24)4)15-23-26(33)31(27(36)37-23)13-11-18-9-10-21(34-5)22(14-18)35-6/h9-10,14-15H,7-8,11-13H2,1-6H3/b23-15-. The number of thioether (sulfide) groups is 1. The van der Waals surface area contributed by atoms with Gasteiger partial charge in [0.05, 0.1) is 19.1 Å². The number of nitriles is 1. The van der Waals surface area contributed by atoms with Gasteiger partial charge in [0.15, 0.2) is 11.5 Å². The van der Waals surface area contributed by atoms with Crippen molar-refractivity contribution < 1.29 is 14.3 Å². The quantitative estimate of drug-likeness (QED) is 0.326. The maximum absolute atomic E-state index is 13.4. The van der Waals surface area contributed by atoms with Crippen LogP contribution in [-0.4, -0.2) is 54.1 Å². The zero-order valence-corrected chi connectivity index (χ0v) is 23.7. The van der Waals surface area contributed by atoms with Crippen molar-refractivity contribution in [1.82, 2.24) is 9.47 Å². The van der Waals surface area contributed by atoms with E-state index < -0.39 is 0 Å². The van der Waals surface area contributed by atoms with Crippen LogP contribution in [-0.2, 0) is 18.3 Å². The Balaban J connectivity index is 1.94. The maximum atomic E-state index is 13.4. The number of anilines is 1. The molecule has 1 aromatic carbocycles. The normalized spacial score (nSPS) is 14.3. The lowest BCUT2D eigenvalue weighted by Crippen LogP contribution is -2.31. The number of hydrogen-bond acceptors (Lipinski definition) is 8. The highest BCUT2D eigenvalue weighted by Gasteiger charge is 2.32. The van der Waals surface area contributed by atoms with E-state index in [-0.39, 0.29) is 17.0 Å². The van der Waals surface area contributed by atoms with E-state index in [2.05, 4.69) is 6.92 Å². The van der Waals surface area contributed by atoms with Crippen molar-refractivity contribution in [2.45, 2.75) is 33.1 Å². The molecule has 0 N–H and O–H groups in total. The first-order chi connectivity index (χ1) is 17.7. The molecule has 1 amide bonds. The van der Waals surface area contributed by atoms with E-state index in [9.17, 15) is 14.9 Å². The van der Waals surface area contributed by atoms with Gasteiger partial charge in [-0.2, -0.15) is 5.26 Å². The highest BCUT2D eigenvalue weighted by molar-refractivity contribution is 8.26. The average molecular weight is 541 g/mol. The lowest BCUT2D eigenvalue weighted by molar-refractivity contribution is -0.122. The zero-order valence-electron chi connectivity index (χ0n) is 22.1. The van der Waals surface area contributed by atoms with E-state index in [0.29, 0.717) is 50.6 Å². The van der Waals surface area contributed by atoms with Crippen LogP contribution in [0.5, 0.6) is 11.5 Å². The number of rotatable bonds is 10. The van der Waals surface area contributed by atoms with Crippen molar-refractivity contribution in [3.63, 3.8) is 0 Å². The van der Waals surface area contributed by atoms with E-state index >= 15 is 0 Å². The molecule has 0 atom stereocenters. The molecule has 2 aromatic rings. The Morgan fingerprint density at radius 2 is 1.92 bits per heavy atom. The topological polar surface area (TPSA) is 87.8 Å². The van der Waals surface area contributed by atoms with Gasteiger partial charge in [-0.05, 0) is 49.1 Å². The summed E-state index contributed by atoms with van der Waals surface area (Å²) in [6, 6.07) is 7.70. The van der Waals surface area contributed by atoms with Crippen molar-refractivity contribution in [3.8, 4) is 17.6 Å². The Morgan fingerprint density at radius 3 is 2.54 bits per heavy atom. The molecule has 1 fully saturated rings. The summed E-state index contributed by atoms with van der Waals surface area (Å²) in [7, 11) is 6.75. The molecular weight excluding hydrogens is 508 g/mol. The van der Waals surface area contributed by atoms with Gasteiger partial charge in [0.1, 0.15) is 21.8 Å². The molecule has 0 unspecified atom stereocenters. The largest absolute Gasteiger partial charge is 0.493 e. The minimum Gasteiger partial charge on any atom is -0.493 e. The maximum Gasteiger partial charge on any atom is 0.270 e. The molecule has 0 saturated carbocycles. The zero-order chi connectivity index (χ0) is 27.3. The fraction of sp³-hybridized carbons (Fsp3) is 0.407.